The van der Waals surface area contributed by atoms with E-state index in [9.17, 15) is 9.59 Å². The summed E-state index contributed by atoms with van der Waals surface area (Å²) < 4.78 is 5.54. The molecule has 1 N–H and O–H groups in total. The number of carbonyl (C=O) groups excluding carboxylic acids is 1. The highest BCUT2D eigenvalue weighted by Gasteiger charge is 2.26. The van der Waals surface area contributed by atoms with Crippen molar-refractivity contribution in [3.8, 4) is 0 Å². The zero-order valence-corrected chi connectivity index (χ0v) is 12.0. The number of amides is 2. The minimum absolute atomic E-state index is 0.00970. The van der Waals surface area contributed by atoms with E-state index in [1.165, 1.54) is 0 Å². The average molecular weight is 285 g/mol. The molecule has 0 bridgehead atoms. The summed E-state index contributed by atoms with van der Waals surface area (Å²) in [5, 5.41) is 8.74. The predicted octanol–water partition coefficient (Wildman–Crippen LogP) is -0.0806. The molecule has 2 aliphatic rings. The molecule has 0 aromatic carbocycles. The Balaban J connectivity index is 1.74. The first-order valence-electron chi connectivity index (χ1n) is 7.12. The van der Waals surface area contributed by atoms with Crippen molar-refractivity contribution in [3.05, 3.63) is 0 Å². The molecular weight excluding hydrogens is 262 g/mol. The zero-order valence-electron chi connectivity index (χ0n) is 12.0. The minimum Gasteiger partial charge on any atom is -0.480 e. The first-order valence-corrected chi connectivity index (χ1v) is 7.12. The number of rotatable bonds is 4. The quantitative estimate of drug-likeness (QED) is 0.782. The topological polar surface area (TPSA) is 73.3 Å². The van der Waals surface area contributed by atoms with Crippen LogP contribution in [0.25, 0.3) is 0 Å². The van der Waals surface area contributed by atoms with Gasteiger partial charge in [-0.1, -0.05) is 0 Å². The lowest BCUT2D eigenvalue weighted by Gasteiger charge is -2.36. The third-order valence-electron chi connectivity index (χ3n) is 3.83. The molecule has 2 heterocycles. The molecule has 114 valence electrons. The third kappa shape index (κ3) is 4.08. The van der Waals surface area contributed by atoms with E-state index in [1.807, 2.05) is 4.90 Å². The van der Waals surface area contributed by atoms with Gasteiger partial charge in [-0.3, -0.25) is 9.69 Å². The van der Waals surface area contributed by atoms with E-state index in [1.54, 1.807) is 16.8 Å². The molecule has 0 spiro atoms. The van der Waals surface area contributed by atoms with Crippen LogP contribution in [0.4, 0.5) is 4.79 Å². The van der Waals surface area contributed by atoms with Gasteiger partial charge in [-0.25, -0.2) is 4.79 Å². The van der Waals surface area contributed by atoms with Gasteiger partial charge in [0.15, 0.2) is 0 Å². The Morgan fingerprint density at radius 3 is 2.55 bits per heavy atom. The molecule has 0 aromatic rings. The Labute approximate surface area is 119 Å². The Bertz CT molecular complexity index is 350. The largest absolute Gasteiger partial charge is 0.480 e. The maximum Gasteiger partial charge on any atom is 0.319 e. The summed E-state index contributed by atoms with van der Waals surface area (Å²) >= 11 is 0. The standard InChI is InChI=1S/C13H23N3O4/c1-14(9-11-3-2-8-20-11)13(19)16-6-4-15(5-7-16)10-12(17)18/h11H,2-10H2,1H3,(H,17,18). The highest BCUT2D eigenvalue weighted by molar-refractivity contribution is 5.74. The van der Waals surface area contributed by atoms with Crippen molar-refractivity contribution < 1.29 is 19.4 Å². The van der Waals surface area contributed by atoms with Crippen molar-refractivity contribution in [1.82, 2.24) is 14.7 Å². The van der Waals surface area contributed by atoms with E-state index in [0.29, 0.717) is 32.7 Å². The molecule has 2 amide bonds. The van der Waals surface area contributed by atoms with E-state index in [4.69, 9.17) is 9.84 Å². The molecule has 0 aliphatic carbocycles. The maximum absolute atomic E-state index is 12.3. The summed E-state index contributed by atoms with van der Waals surface area (Å²) in [5.41, 5.74) is 0. The number of aliphatic carboxylic acids is 1. The predicted molar refractivity (Wildman–Crippen MR) is 72.6 cm³/mol. The summed E-state index contributed by atoms with van der Waals surface area (Å²) in [7, 11) is 1.80. The summed E-state index contributed by atoms with van der Waals surface area (Å²) in [6.45, 7) is 3.88. The SMILES string of the molecule is CN(CC1CCCO1)C(=O)N1CCN(CC(=O)O)CC1. The van der Waals surface area contributed by atoms with Gasteiger partial charge in [0.05, 0.1) is 12.6 Å². The molecule has 0 radical (unpaired) electrons. The van der Waals surface area contributed by atoms with Crippen LogP contribution in [0.3, 0.4) is 0 Å². The first-order chi connectivity index (χ1) is 9.56. The summed E-state index contributed by atoms with van der Waals surface area (Å²) in [6, 6.07) is 0.00970. The van der Waals surface area contributed by atoms with Gasteiger partial charge in [-0.15, -0.1) is 0 Å². The van der Waals surface area contributed by atoms with Crippen LogP contribution in [-0.2, 0) is 9.53 Å². The number of carbonyl (C=O) groups is 2. The second kappa shape index (κ2) is 6.90. The zero-order chi connectivity index (χ0) is 14.5. The van der Waals surface area contributed by atoms with Gasteiger partial charge in [0, 0.05) is 46.4 Å². The molecule has 2 rings (SSSR count). The Morgan fingerprint density at radius 2 is 2.00 bits per heavy atom. The Morgan fingerprint density at radius 1 is 1.30 bits per heavy atom. The second-order valence-corrected chi connectivity index (χ2v) is 5.46. The lowest BCUT2D eigenvalue weighted by molar-refractivity contribution is -0.138. The van der Waals surface area contributed by atoms with Crippen LogP contribution in [0.1, 0.15) is 12.8 Å². The van der Waals surface area contributed by atoms with Crippen LogP contribution in [0.5, 0.6) is 0 Å². The minimum atomic E-state index is -0.819. The van der Waals surface area contributed by atoms with Crippen molar-refractivity contribution in [3.63, 3.8) is 0 Å². The lowest BCUT2D eigenvalue weighted by atomic mass is 10.2. The first kappa shape index (κ1) is 15.1. The molecule has 20 heavy (non-hydrogen) atoms. The Hall–Kier alpha value is -1.34. The van der Waals surface area contributed by atoms with Gasteiger partial charge < -0.3 is 19.6 Å². The van der Waals surface area contributed by atoms with Gasteiger partial charge in [-0.05, 0) is 12.8 Å². The van der Waals surface area contributed by atoms with Gasteiger partial charge >= 0.3 is 12.0 Å². The van der Waals surface area contributed by atoms with Crippen LogP contribution >= 0.6 is 0 Å². The van der Waals surface area contributed by atoms with Crippen LogP contribution in [-0.4, -0.2) is 90.8 Å². The van der Waals surface area contributed by atoms with E-state index in [0.717, 1.165) is 19.4 Å². The van der Waals surface area contributed by atoms with E-state index in [-0.39, 0.29) is 18.7 Å². The third-order valence-corrected chi connectivity index (χ3v) is 3.83. The molecule has 2 fully saturated rings. The van der Waals surface area contributed by atoms with Crippen molar-refractivity contribution in [1.29, 1.82) is 0 Å². The number of ether oxygens (including phenoxy) is 1. The molecule has 7 heteroatoms. The monoisotopic (exact) mass is 285 g/mol. The summed E-state index contributed by atoms with van der Waals surface area (Å²) in [6.07, 6.45) is 2.25. The highest BCUT2D eigenvalue weighted by atomic mass is 16.5. The van der Waals surface area contributed by atoms with E-state index >= 15 is 0 Å². The van der Waals surface area contributed by atoms with Crippen LogP contribution in [0.15, 0.2) is 0 Å². The normalized spacial score (nSPS) is 23.9. The number of hydrogen-bond acceptors (Lipinski definition) is 4. The number of carboxylic acid groups (broad SMARTS) is 1. The summed E-state index contributed by atoms with van der Waals surface area (Å²) in [5.74, 6) is -0.819. The van der Waals surface area contributed by atoms with Crippen molar-refractivity contribution in [2.24, 2.45) is 0 Å². The average Bonchev–Trinajstić information content (AvgIpc) is 2.91. The molecular formula is C13H23N3O4. The fraction of sp³-hybridized carbons (Fsp3) is 0.846. The second-order valence-electron chi connectivity index (χ2n) is 5.46. The molecule has 1 atom stereocenters. The van der Waals surface area contributed by atoms with E-state index in [2.05, 4.69) is 0 Å². The molecule has 2 aliphatic heterocycles. The van der Waals surface area contributed by atoms with Crippen molar-refractivity contribution in [2.75, 3.05) is 52.9 Å². The van der Waals surface area contributed by atoms with Crippen LogP contribution in [0.2, 0.25) is 0 Å². The Kier molecular flexibility index (Phi) is 5.19. The number of hydrogen-bond donors (Lipinski definition) is 1. The fourth-order valence-corrected chi connectivity index (χ4v) is 2.70. The summed E-state index contributed by atoms with van der Waals surface area (Å²) in [4.78, 5) is 28.3. The number of carboxylic acids is 1. The fourth-order valence-electron chi connectivity index (χ4n) is 2.70. The lowest BCUT2D eigenvalue weighted by Crippen LogP contribution is -2.53. The van der Waals surface area contributed by atoms with Gasteiger partial charge in [-0.2, -0.15) is 0 Å². The maximum atomic E-state index is 12.3. The highest BCUT2D eigenvalue weighted by Crippen LogP contribution is 2.14. The molecule has 7 nitrogen and oxygen atoms in total. The smallest absolute Gasteiger partial charge is 0.319 e. The van der Waals surface area contributed by atoms with Crippen molar-refractivity contribution >= 4 is 12.0 Å². The van der Waals surface area contributed by atoms with Crippen LogP contribution in [0, 0.1) is 0 Å². The van der Waals surface area contributed by atoms with Gasteiger partial charge in [0.2, 0.25) is 0 Å². The van der Waals surface area contributed by atoms with Gasteiger partial charge in [0.25, 0.3) is 0 Å². The molecule has 0 saturated carbocycles. The number of likely N-dealkylation sites (N-methyl/N-ethyl adjacent to an activating group) is 1. The molecule has 0 aromatic heterocycles. The van der Waals surface area contributed by atoms with Crippen LogP contribution < -0.4 is 0 Å². The number of urea groups is 1. The number of piperazine rings is 1. The van der Waals surface area contributed by atoms with Gasteiger partial charge in [0.1, 0.15) is 0 Å². The van der Waals surface area contributed by atoms with E-state index < -0.39 is 5.97 Å². The van der Waals surface area contributed by atoms with Crippen molar-refractivity contribution in [2.45, 2.75) is 18.9 Å². The number of nitrogens with zero attached hydrogens (tertiary/aromatic N) is 3. The molecule has 1 unspecified atom stereocenters. The molecule has 2 saturated heterocycles.